The topological polar surface area (TPSA) is 58.5 Å². The van der Waals surface area contributed by atoms with E-state index in [0.717, 1.165) is 38.5 Å². The molecule has 1 fully saturated rings. The van der Waals surface area contributed by atoms with E-state index in [9.17, 15) is 0 Å². The summed E-state index contributed by atoms with van der Waals surface area (Å²) < 4.78 is 5.28. The molecule has 0 bridgehead atoms. The molecule has 3 rings (SSSR count). The average Bonchev–Trinajstić information content (AvgIpc) is 2.97. The molecule has 1 aliphatic heterocycles. The maximum Gasteiger partial charge on any atom is 0.335 e. The first-order valence-corrected chi connectivity index (χ1v) is 7.53. The standard InChI is InChI=1S/C15H21N5O/c1-2-21-15-16-14(17-18-15)12-19-8-10-20(11-9-19)13-6-4-3-5-7-13/h3-7H,2,8-12H2,1H3,(H,16,17,18)/p+1. The van der Waals surface area contributed by atoms with Crippen LogP contribution in [-0.2, 0) is 6.54 Å². The fourth-order valence-electron chi connectivity index (χ4n) is 2.68. The molecule has 1 aromatic carbocycles. The van der Waals surface area contributed by atoms with Gasteiger partial charge in [0.05, 0.1) is 32.8 Å². The van der Waals surface area contributed by atoms with Gasteiger partial charge < -0.3 is 14.5 Å². The number of nitrogens with one attached hydrogen (secondary N) is 2. The Hall–Kier alpha value is -2.08. The summed E-state index contributed by atoms with van der Waals surface area (Å²) in [7, 11) is 0. The highest BCUT2D eigenvalue weighted by Gasteiger charge is 2.21. The van der Waals surface area contributed by atoms with Crippen LogP contribution in [0.1, 0.15) is 12.7 Å². The fourth-order valence-corrected chi connectivity index (χ4v) is 2.68. The second-order valence-corrected chi connectivity index (χ2v) is 5.25. The summed E-state index contributed by atoms with van der Waals surface area (Å²) >= 11 is 0. The number of aromatic amines is 1. The molecule has 2 aromatic rings. The summed E-state index contributed by atoms with van der Waals surface area (Å²) in [5.41, 5.74) is 1.31. The van der Waals surface area contributed by atoms with Crippen LogP contribution in [0.2, 0.25) is 0 Å². The largest absolute Gasteiger partial charge is 0.463 e. The van der Waals surface area contributed by atoms with Crippen molar-refractivity contribution in [2.24, 2.45) is 0 Å². The van der Waals surface area contributed by atoms with E-state index in [0.29, 0.717) is 12.6 Å². The van der Waals surface area contributed by atoms with Gasteiger partial charge in [0.2, 0.25) is 0 Å². The van der Waals surface area contributed by atoms with Gasteiger partial charge in [-0.3, -0.25) is 5.10 Å². The van der Waals surface area contributed by atoms with Gasteiger partial charge in [-0.05, 0) is 19.1 Å². The van der Waals surface area contributed by atoms with Gasteiger partial charge in [-0.1, -0.05) is 18.2 Å². The van der Waals surface area contributed by atoms with Crippen molar-refractivity contribution in [1.82, 2.24) is 15.2 Å². The SMILES string of the molecule is CCOc1n[nH]c(C[NH+]2CCN(c3ccccc3)CC2)n1. The summed E-state index contributed by atoms with van der Waals surface area (Å²) in [5, 5.41) is 7.01. The molecular formula is C15H22N5O+. The van der Waals surface area contributed by atoms with Gasteiger partial charge in [0.1, 0.15) is 6.54 Å². The van der Waals surface area contributed by atoms with Gasteiger partial charge in [0.25, 0.3) is 0 Å². The fraction of sp³-hybridized carbons (Fsp3) is 0.467. The molecule has 0 atom stereocenters. The minimum absolute atomic E-state index is 0.454. The van der Waals surface area contributed by atoms with Crippen LogP contribution >= 0.6 is 0 Å². The van der Waals surface area contributed by atoms with Gasteiger partial charge in [-0.15, -0.1) is 5.10 Å². The minimum atomic E-state index is 0.454. The second-order valence-electron chi connectivity index (χ2n) is 5.25. The number of anilines is 1. The van der Waals surface area contributed by atoms with Crippen LogP contribution in [0.3, 0.4) is 0 Å². The number of quaternary nitrogens is 1. The summed E-state index contributed by atoms with van der Waals surface area (Å²) in [6.45, 7) is 7.78. The van der Waals surface area contributed by atoms with E-state index >= 15 is 0 Å². The predicted octanol–water partition coefficient (Wildman–Crippen LogP) is 0.109. The second kappa shape index (κ2) is 6.58. The highest BCUT2D eigenvalue weighted by molar-refractivity contribution is 5.45. The maximum atomic E-state index is 5.28. The molecule has 1 aromatic heterocycles. The van der Waals surface area contributed by atoms with Crippen LogP contribution in [0.25, 0.3) is 0 Å². The van der Waals surface area contributed by atoms with Crippen LogP contribution in [0.5, 0.6) is 6.01 Å². The molecule has 1 saturated heterocycles. The Morgan fingerprint density at radius 2 is 2.00 bits per heavy atom. The maximum absolute atomic E-state index is 5.28. The zero-order valence-electron chi connectivity index (χ0n) is 12.4. The Labute approximate surface area is 124 Å². The van der Waals surface area contributed by atoms with Crippen LogP contribution < -0.4 is 14.5 Å². The lowest BCUT2D eigenvalue weighted by molar-refractivity contribution is -0.915. The van der Waals surface area contributed by atoms with E-state index in [1.165, 1.54) is 10.6 Å². The average molecular weight is 288 g/mol. The number of rotatable bonds is 5. The van der Waals surface area contributed by atoms with Crippen LogP contribution in [0.4, 0.5) is 5.69 Å². The van der Waals surface area contributed by atoms with Gasteiger partial charge in [0.15, 0.2) is 5.82 Å². The number of hydrogen-bond acceptors (Lipinski definition) is 4. The molecule has 2 heterocycles. The van der Waals surface area contributed by atoms with E-state index in [2.05, 4.69) is 50.4 Å². The molecule has 0 amide bonds. The molecule has 0 radical (unpaired) electrons. The Morgan fingerprint density at radius 3 is 2.71 bits per heavy atom. The van der Waals surface area contributed by atoms with Crippen molar-refractivity contribution in [2.45, 2.75) is 13.5 Å². The van der Waals surface area contributed by atoms with Crippen molar-refractivity contribution < 1.29 is 9.64 Å². The lowest BCUT2D eigenvalue weighted by atomic mass is 10.2. The quantitative estimate of drug-likeness (QED) is 0.820. The lowest BCUT2D eigenvalue weighted by Gasteiger charge is -2.33. The number of H-pyrrole nitrogens is 1. The highest BCUT2D eigenvalue weighted by atomic mass is 16.5. The van der Waals surface area contributed by atoms with Crippen molar-refractivity contribution in [3.8, 4) is 6.01 Å². The zero-order valence-corrected chi connectivity index (χ0v) is 12.4. The first kappa shape index (κ1) is 13.9. The van der Waals surface area contributed by atoms with Gasteiger partial charge >= 0.3 is 6.01 Å². The molecule has 6 nitrogen and oxygen atoms in total. The van der Waals surface area contributed by atoms with Crippen LogP contribution in [0, 0.1) is 0 Å². The van der Waals surface area contributed by atoms with Crippen molar-refractivity contribution in [3.63, 3.8) is 0 Å². The number of nitrogens with zero attached hydrogens (tertiary/aromatic N) is 3. The van der Waals surface area contributed by atoms with E-state index < -0.39 is 0 Å². The predicted molar refractivity (Wildman–Crippen MR) is 80.6 cm³/mol. The Morgan fingerprint density at radius 1 is 1.24 bits per heavy atom. The zero-order chi connectivity index (χ0) is 14.5. The van der Waals surface area contributed by atoms with Crippen LogP contribution in [0.15, 0.2) is 30.3 Å². The first-order chi connectivity index (χ1) is 10.3. The van der Waals surface area contributed by atoms with E-state index in [1.54, 1.807) is 0 Å². The molecule has 0 aliphatic carbocycles. The normalized spacial score (nSPS) is 16.1. The van der Waals surface area contributed by atoms with Gasteiger partial charge in [-0.2, -0.15) is 4.98 Å². The molecule has 0 spiro atoms. The van der Waals surface area contributed by atoms with E-state index in [-0.39, 0.29) is 0 Å². The molecule has 2 N–H and O–H groups in total. The highest BCUT2D eigenvalue weighted by Crippen LogP contribution is 2.12. The number of benzene rings is 1. The minimum Gasteiger partial charge on any atom is -0.463 e. The Kier molecular flexibility index (Phi) is 4.35. The number of aromatic nitrogens is 3. The summed E-state index contributed by atoms with van der Waals surface area (Å²) in [5.74, 6) is 0.904. The molecule has 0 saturated carbocycles. The molecule has 6 heteroatoms. The third kappa shape index (κ3) is 3.52. The number of para-hydroxylation sites is 1. The van der Waals surface area contributed by atoms with E-state index in [4.69, 9.17) is 4.74 Å². The number of hydrogen-bond donors (Lipinski definition) is 2. The summed E-state index contributed by atoms with van der Waals surface area (Å²) in [4.78, 5) is 8.32. The number of ether oxygens (including phenoxy) is 1. The summed E-state index contributed by atoms with van der Waals surface area (Å²) in [6.07, 6.45) is 0. The molecule has 0 unspecified atom stereocenters. The van der Waals surface area contributed by atoms with Crippen molar-refractivity contribution >= 4 is 5.69 Å². The molecule has 1 aliphatic rings. The summed E-state index contributed by atoms with van der Waals surface area (Å²) in [6, 6.07) is 11.1. The third-order valence-corrected chi connectivity index (χ3v) is 3.79. The molecule has 112 valence electrons. The Bertz CT molecular complexity index is 548. The molecular weight excluding hydrogens is 266 g/mol. The van der Waals surface area contributed by atoms with Gasteiger partial charge in [-0.25, -0.2) is 0 Å². The van der Waals surface area contributed by atoms with E-state index in [1.807, 2.05) is 6.92 Å². The smallest absolute Gasteiger partial charge is 0.335 e. The van der Waals surface area contributed by atoms with Crippen molar-refractivity contribution in [3.05, 3.63) is 36.2 Å². The lowest BCUT2D eigenvalue weighted by Crippen LogP contribution is -3.13. The third-order valence-electron chi connectivity index (χ3n) is 3.79. The van der Waals surface area contributed by atoms with Crippen LogP contribution in [-0.4, -0.2) is 48.0 Å². The monoisotopic (exact) mass is 288 g/mol. The first-order valence-electron chi connectivity index (χ1n) is 7.53. The Balaban J connectivity index is 1.51. The molecule has 21 heavy (non-hydrogen) atoms. The van der Waals surface area contributed by atoms with Crippen molar-refractivity contribution in [2.75, 3.05) is 37.7 Å². The van der Waals surface area contributed by atoms with Gasteiger partial charge in [0, 0.05) is 5.69 Å². The number of piperazine rings is 1. The van der Waals surface area contributed by atoms with Crippen molar-refractivity contribution in [1.29, 1.82) is 0 Å².